The van der Waals surface area contributed by atoms with Gasteiger partial charge in [0.25, 0.3) is 0 Å². The second-order valence-electron chi connectivity index (χ2n) is 4.70. The van der Waals surface area contributed by atoms with Crippen LogP contribution in [0.15, 0.2) is 77.4 Å². The summed E-state index contributed by atoms with van der Waals surface area (Å²) in [4.78, 5) is 0. The first kappa shape index (κ1) is 13.0. The molecule has 0 saturated carbocycles. The normalized spacial score (nSPS) is 11.6. The number of furan rings is 1. The molecule has 21 heavy (non-hydrogen) atoms. The summed E-state index contributed by atoms with van der Waals surface area (Å²) >= 11 is 0. The highest BCUT2D eigenvalue weighted by atomic mass is 16.3. The molecule has 0 amide bonds. The Kier molecular flexibility index (Phi) is 3.70. The molecule has 0 bridgehead atoms. The van der Waals surface area contributed by atoms with Gasteiger partial charge >= 0.3 is 0 Å². The van der Waals surface area contributed by atoms with Crippen molar-refractivity contribution in [1.29, 1.82) is 5.26 Å². The van der Waals surface area contributed by atoms with E-state index in [1.807, 2.05) is 60.7 Å². The number of nitriles is 1. The summed E-state index contributed by atoms with van der Waals surface area (Å²) in [7, 11) is 0. The molecule has 1 atom stereocenters. The molecule has 0 aliphatic heterocycles. The minimum Gasteiger partial charge on any atom is -0.467 e. The standard InChI is InChI=1S/C18H14N2O/c19-13-14-6-4-9-16(12-14)20-18(17-10-5-11-21-17)15-7-2-1-3-8-15/h1-12,18,20H. The van der Waals surface area contributed by atoms with Gasteiger partial charge in [0.05, 0.1) is 17.9 Å². The van der Waals surface area contributed by atoms with Crippen molar-refractivity contribution < 1.29 is 4.42 Å². The Balaban J connectivity index is 1.95. The quantitative estimate of drug-likeness (QED) is 0.769. The number of nitrogens with one attached hydrogen (secondary N) is 1. The van der Waals surface area contributed by atoms with Crippen LogP contribution in [0.2, 0.25) is 0 Å². The van der Waals surface area contributed by atoms with E-state index >= 15 is 0 Å². The van der Waals surface area contributed by atoms with Crippen LogP contribution in [0.4, 0.5) is 5.69 Å². The van der Waals surface area contributed by atoms with Gasteiger partial charge < -0.3 is 9.73 Å². The number of nitrogens with zero attached hydrogens (tertiary/aromatic N) is 1. The van der Waals surface area contributed by atoms with E-state index in [2.05, 4.69) is 11.4 Å². The molecular formula is C18H14N2O. The largest absolute Gasteiger partial charge is 0.467 e. The zero-order chi connectivity index (χ0) is 14.5. The maximum absolute atomic E-state index is 9.00. The summed E-state index contributed by atoms with van der Waals surface area (Å²) in [5.74, 6) is 0.837. The SMILES string of the molecule is N#Cc1cccc(NC(c2ccccc2)c2ccco2)c1. The number of hydrogen-bond donors (Lipinski definition) is 1. The van der Waals surface area contributed by atoms with Gasteiger partial charge in [0.2, 0.25) is 0 Å². The van der Waals surface area contributed by atoms with Gasteiger partial charge in [-0.3, -0.25) is 0 Å². The van der Waals surface area contributed by atoms with Crippen LogP contribution in [0.1, 0.15) is 22.9 Å². The molecule has 1 aromatic heterocycles. The van der Waals surface area contributed by atoms with Gasteiger partial charge in [0.1, 0.15) is 11.8 Å². The minimum absolute atomic E-state index is 0.0878. The summed E-state index contributed by atoms with van der Waals surface area (Å²) in [5.41, 5.74) is 2.63. The fourth-order valence-corrected chi connectivity index (χ4v) is 2.26. The number of rotatable bonds is 4. The van der Waals surface area contributed by atoms with Gasteiger partial charge in [-0.1, -0.05) is 36.4 Å². The van der Waals surface area contributed by atoms with E-state index in [9.17, 15) is 0 Å². The molecule has 3 nitrogen and oxygen atoms in total. The molecule has 3 heteroatoms. The van der Waals surface area contributed by atoms with E-state index in [0.717, 1.165) is 17.0 Å². The molecule has 0 radical (unpaired) electrons. The van der Waals surface area contributed by atoms with Crippen LogP contribution in [0.3, 0.4) is 0 Å². The van der Waals surface area contributed by atoms with Crippen LogP contribution in [-0.2, 0) is 0 Å². The zero-order valence-corrected chi connectivity index (χ0v) is 11.4. The Bertz CT molecular complexity index is 742. The van der Waals surface area contributed by atoms with Crippen molar-refractivity contribution >= 4 is 5.69 Å². The molecule has 0 aliphatic rings. The number of anilines is 1. The van der Waals surface area contributed by atoms with Gasteiger partial charge in [-0.25, -0.2) is 0 Å². The van der Waals surface area contributed by atoms with Crippen molar-refractivity contribution in [3.63, 3.8) is 0 Å². The van der Waals surface area contributed by atoms with E-state index < -0.39 is 0 Å². The van der Waals surface area contributed by atoms with Crippen LogP contribution in [0.25, 0.3) is 0 Å². The lowest BCUT2D eigenvalue weighted by Crippen LogP contribution is -2.11. The van der Waals surface area contributed by atoms with Gasteiger partial charge in [0, 0.05) is 5.69 Å². The van der Waals surface area contributed by atoms with E-state index in [0.29, 0.717) is 5.56 Å². The number of hydrogen-bond acceptors (Lipinski definition) is 3. The summed E-state index contributed by atoms with van der Waals surface area (Å²) in [5, 5.41) is 12.4. The summed E-state index contributed by atoms with van der Waals surface area (Å²) < 4.78 is 5.55. The van der Waals surface area contributed by atoms with Crippen LogP contribution in [0, 0.1) is 11.3 Å². The first-order valence-corrected chi connectivity index (χ1v) is 6.72. The van der Waals surface area contributed by atoms with Crippen molar-refractivity contribution in [1.82, 2.24) is 0 Å². The highest BCUT2D eigenvalue weighted by Crippen LogP contribution is 2.27. The summed E-state index contributed by atoms with van der Waals surface area (Å²) in [6, 6.07) is 23.4. The Labute approximate surface area is 123 Å². The number of benzene rings is 2. The van der Waals surface area contributed by atoms with Crippen molar-refractivity contribution in [2.75, 3.05) is 5.32 Å². The molecular weight excluding hydrogens is 260 g/mol. The van der Waals surface area contributed by atoms with Crippen LogP contribution >= 0.6 is 0 Å². The van der Waals surface area contributed by atoms with Crippen LogP contribution in [-0.4, -0.2) is 0 Å². The predicted molar refractivity (Wildman–Crippen MR) is 81.8 cm³/mol. The Morgan fingerprint density at radius 1 is 0.952 bits per heavy atom. The molecule has 0 aliphatic carbocycles. The lowest BCUT2D eigenvalue weighted by Gasteiger charge is -2.18. The second-order valence-corrected chi connectivity index (χ2v) is 4.70. The molecule has 3 aromatic rings. The highest BCUT2D eigenvalue weighted by molar-refractivity contribution is 5.52. The fourth-order valence-electron chi connectivity index (χ4n) is 2.26. The minimum atomic E-state index is -0.0878. The third-order valence-corrected chi connectivity index (χ3v) is 3.26. The van der Waals surface area contributed by atoms with Crippen molar-refractivity contribution in [2.24, 2.45) is 0 Å². The van der Waals surface area contributed by atoms with Gasteiger partial charge in [-0.05, 0) is 35.9 Å². The molecule has 102 valence electrons. The van der Waals surface area contributed by atoms with Gasteiger partial charge in [-0.2, -0.15) is 5.26 Å². The van der Waals surface area contributed by atoms with E-state index in [1.54, 1.807) is 12.3 Å². The Morgan fingerprint density at radius 3 is 2.52 bits per heavy atom. The van der Waals surface area contributed by atoms with Gasteiger partial charge in [-0.15, -0.1) is 0 Å². The van der Waals surface area contributed by atoms with Gasteiger partial charge in [0.15, 0.2) is 0 Å². The maximum Gasteiger partial charge on any atom is 0.130 e. The van der Waals surface area contributed by atoms with Crippen LogP contribution < -0.4 is 5.32 Å². The zero-order valence-electron chi connectivity index (χ0n) is 11.4. The summed E-state index contributed by atoms with van der Waals surface area (Å²) in [6.45, 7) is 0. The third kappa shape index (κ3) is 2.96. The highest BCUT2D eigenvalue weighted by Gasteiger charge is 2.16. The summed E-state index contributed by atoms with van der Waals surface area (Å²) in [6.07, 6.45) is 1.67. The molecule has 0 saturated heterocycles. The topological polar surface area (TPSA) is 49.0 Å². The molecule has 1 N–H and O–H groups in total. The molecule has 2 aromatic carbocycles. The van der Waals surface area contributed by atoms with E-state index in [4.69, 9.17) is 9.68 Å². The van der Waals surface area contributed by atoms with E-state index in [-0.39, 0.29) is 6.04 Å². The van der Waals surface area contributed by atoms with Crippen molar-refractivity contribution in [3.8, 4) is 6.07 Å². The van der Waals surface area contributed by atoms with Crippen molar-refractivity contribution in [3.05, 3.63) is 89.9 Å². The first-order chi connectivity index (χ1) is 10.4. The molecule has 1 unspecified atom stereocenters. The second kappa shape index (κ2) is 5.98. The van der Waals surface area contributed by atoms with Crippen molar-refractivity contribution in [2.45, 2.75) is 6.04 Å². The smallest absolute Gasteiger partial charge is 0.130 e. The molecule has 0 spiro atoms. The molecule has 1 heterocycles. The average Bonchev–Trinajstić information content (AvgIpc) is 3.08. The first-order valence-electron chi connectivity index (χ1n) is 6.72. The van der Waals surface area contributed by atoms with E-state index in [1.165, 1.54) is 0 Å². The third-order valence-electron chi connectivity index (χ3n) is 3.26. The molecule has 0 fully saturated rings. The lowest BCUT2D eigenvalue weighted by molar-refractivity contribution is 0.499. The fraction of sp³-hybridized carbons (Fsp3) is 0.0556. The molecule has 3 rings (SSSR count). The average molecular weight is 274 g/mol. The van der Waals surface area contributed by atoms with Crippen LogP contribution in [0.5, 0.6) is 0 Å². The monoisotopic (exact) mass is 274 g/mol. The maximum atomic E-state index is 9.00. The lowest BCUT2D eigenvalue weighted by atomic mass is 10.0. The Hall–Kier alpha value is -2.99. The Morgan fingerprint density at radius 2 is 1.81 bits per heavy atom. The predicted octanol–water partition coefficient (Wildman–Crippen LogP) is 4.35.